The first-order valence-electron chi connectivity index (χ1n) is 8.37. The van der Waals surface area contributed by atoms with Crippen molar-refractivity contribution in [1.29, 1.82) is 0 Å². The van der Waals surface area contributed by atoms with Gasteiger partial charge < -0.3 is 14.8 Å². The molecular weight excluding hydrogens is 330 g/mol. The van der Waals surface area contributed by atoms with Crippen LogP contribution in [0.2, 0.25) is 0 Å². The van der Waals surface area contributed by atoms with E-state index < -0.39 is 12.1 Å². The molecule has 0 bridgehead atoms. The molecule has 5 heteroatoms. The maximum atomic E-state index is 12.2. The summed E-state index contributed by atoms with van der Waals surface area (Å²) in [5.41, 5.74) is 1.79. The smallest absolute Gasteiger partial charge is 0.331 e. The summed E-state index contributed by atoms with van der Waals surface area (Å²) >= 11 is 0. The van der Waals surface area contributed by atoms with Crippen LogP contribution in [-0.2, 0) is 14.3 Å². The molecule has 1 amide bonds. The van der Waals surface area contributed by atoms with Gasteiger partial charge in [0.05, 0.1) is 13.2 Å². The molecule has 136 valence electrons. The Morgan fingerprint density at radius 1 is 1.04 bits per heavy atom. The second kappa shape index (κ2) is 9.42. The highest BCUT2D eigenvalue weighted by Crippen LogP contribution is 2.14. The first kappa shape index (κ1) is 19.2. The fraction of sp³-hybridized carbons (Fsp3) is 0.238. The SMILES string of the molecule is COc1cccc(/C=C/C(=O)OC(C)C(=O)NC(C)c2ccccc2)c1. The number of methoxy groups -OCH3 is 1. The van der Waals surface area contributed by atoms with Crippen molar-refractivity contribution in [1.82, 2.24) is 5.32 Å². The summed E-state index contributed by atoms with van der Waals surface area (Å²) in [6, 6.07) is 16.7. The van der Waals surface area contributed by atoms with Gasteiger partial charge in [-0.1, -0.05) is 42.5 Å². The maximum absolute atomic E-state index is 12.2. The van der Waals surface area contributed by atoms with Crippen molar-refractivity contribution in [2.75, 3.05) is 7.11 Å². The summed E-state index contributed by atoms with van der Waals surface area (Å²) in [5, 5.41) is 2.83. The Bertz CT molecular complexity index is 771. The highest BCUT2D eigenvalue weighted by molar-refractivity contribution is 5.90. The number of carbonyl (C=O) groups is 2. The molecular formula is C21H23NO4. The highest BCUT2D eigenvalue weighted by atomic mass is 16.5. The number of esters is 1. The average Bonchev–Trinajstić information content (AvgIpc) is 2.67. The Morgan fingerprint density at radius 2 is 1.77 bits per heavy atom. The molecule has 0 aromatic heterocycles. The van der Waals surface area contributed by atoms with Gasteiger partial charge in [-0.15, -0.1) is 0 Å². The van der Waals surface area contributed by atoms with Crippen LogP contribution in [0, 0.1) is 0 Å². The first-order valence-corrected chi connectivity index (χ1v) is 8.37. The molecule has 2 atom stereocenters. The number of hydrogen-bond acceptors (Lipinski definition) is 4. The molecule has 0 aliphatic heterocycles. The zero-order valence-electron chi connectivity index (χ0n) is 15.1. The number of amides is 1. The van der Waals surface area contributed by atoms with Gasteiger partial charge in [-0.25, -0.2) is 4.79 Å². The number of hydrogen-bond donors (Lipinski definition) is 1. The van der Waals surface area contributed by atoms with Crippen LogP contribution >= 0.6 is 0 Å². The molecule has 0 spiro atoms. The van der Waals surface area contributed by atoms with E-state index >= 15 is 0 Å². The van der Waals surface area contributed by atoms with Gasteiger partial charge in [0.2, 0.25) is 0 Å². The average molecular weight is 353 g/mol. The minimum Gasteiger partial charge on any atom is -0.497 e. The zero-order chi connectivity index (χ0) is 18.9. The fourth-order valence-corrected chi connectivity index (χ4v) is 2.33. The number of nitrogens with one attached hydrogen (secondary N) is 1. The number of carbonyl (C=O) groups excluding carboxylic acids is 2. The van der Waals surface area contributed by atoms with E-state index in [1.165, 1.54) is 6.08 Å². The molecule has 2 rings (SSSR count). The van der Waals surface area contributed by atoms with Gasteiger partial charge in [0, 0.05) is 6.08 Å². The van der Waals surface area contributed by atoms with Gasteiger partial charge in [-0.2, -0.15) is 0 Å². The summed E-state index contributed by atoms with van der Waals surface area (Å²) in [4.78, 5) is 24.1. The molecule has 0 saturated heterocycles. The molecule has 0 saturated carbocycles. The minimum absolute atomic E-state index is 0.169. The van der Waals surface area contributed by atoms with E-state index in [2.05, 4.69) is 5.32 Å². The van der Waals surface area contributed by atoms with Gasteiger partial charge in [-0.3, -0.25) is 4.79 Å². The summed E-state index contributed by atoms with van der Waals surface area (Å²) in [7, 11) is 1.58. The van der Waals surface area contributed by atoms with Crippen molar-refractivity contribution in [3.63, 3.8) is 0 Å². The highest BCUT2D eigenvalue weighted by Gasteiger charge is 2.18. The van der Waals surface area contributed by atoms with Crippen molar-refractivity contribution in [3.05, 3.63) is 71.8 Å². The maximum Gasteiger partial charge on any atom is 0.331 e. The van der Waals surface area contributed by atoms with Crippen molar-refractivity contribution >= 4 is 18.0 Å². The lowest BCUT2D eigenvalue weighted by Gasteiger charge is -2.17. The van der Waals surface area contributed by atoms with E-state index in [1.807, 2.05) is 55.5 Å². The van der Waals surface area contributed by atoms with Crippen LogP contribution in [0.15, 0.2) is 60.7 Å². The van der Waals surface area contributed by atoms with E-state index in [1.54, 1.807) is 26.2 Å². The standard InChI is InChI=1S/C21H23NO4/c1-15(18-9-5-4-6-10-18)22-21(24)16(2)26-20(23)13-12-17-8-7-11-19(14-17)25-3/h4-16H,1-3H3,(H,22,24)/b13-12+. The van der Waals surface area contributed by atoms with Gasteiger partial charge >= 0.3 is 5.97 Å². The zero-order valence-corrected chi connectivity index (χ0v) is 15.1. The van der Waals surface area contributed by atoms with Crippen molar-refractivity contribution in [2.45, 2.75) is 26.0 Å². The van der Waals surface area contributed by atoms with Crippen LogP contribution in [0.4, 0.5) is 0 Å². The molecule has 1 N–H and O–H groups in total. The largest absolute Gasteiger partial charge is 0.497 e. The van der Waals surface area contributed by atoms with Crippen LogP contribution < -0.4 is 10.1 Å². The Hall–Kier alpha value is -3.08. The molecule has 2 aromatic rings. The van der Waals surface area contributed by atoms with Crippen molar-refractivity contribution < 1.29 is 19.1 Å². The molecule has 26 heavy (non-hydrogen) atoms. The van der Waals surface area contributed by atoms with E-state index in [0.29, 0.717) is 5.75 Å². The molecule has 0 heterocycles. The Labute approximate surface area is 153 Å². The number of benzene rings is 2. The lowest BCUT2D eigenvalue weighted by Crippen LogP contribution is -2.37. The summed E-state index contributed by atoms with van der Waals surface area (Å²) < 4.78 is 10.3. The summed E-state index contributed by atoms with van der Waals surface area (Å²) in [6.45, 7) is 3.43. The third-order valence-electron chi connectivity index (χ3n) is 3.83. The monoisotopic (exact) mass is 353 g/mol. The molecule has 2 unspecified atom stereocenters. The van der Waals surface area contributed by atoms with Gasteiger partial charge in [0.1, 0.15) is 5.75 Å². The van der Waals surface area contributed by atoms with E-state index in [9.17, 15) is 9.59 Å². The second-order valence-electron chi connectivity index (χ2n) is 5.83. The Morgan fingerprint density at radius 3 is 2.46 bits per heavy atom. The Balaban J connectivity index is 1.87. The van der Waals surface area contributed by atoms with Crippen molar-refractivity contribution in [3.8, 4) is 5.75 Å². The molecule has 0 fully saturated rings. The predicted molar refractivity (Wildman–Crippen MR) is 101 cm³/mol. The van der Waals surface area contributed by atoms with Crippen LogP contribution in [0.5, 0.6) is 5.75 Å². The van der Waals surface area contributed by atoms with Crippen LogP contribution in [0.1, 0.15) is 31.0 Å². The van der Waals surface area contributed by atoms with Gasteiger partial charge in [0.25, 0.3) is 5.91 Å². The Kier molecular flexibility index (Phi) is 6.97. The van der Waals surface area contributed by atoms with Crippen LogP contribution in [0.25, 0.3) is 6.08 Å². The lowest BCUT2D eigenvalue weighted by atomic mass is 10.1. The molecule has 2 aromatic carbocycles. The number of ether oxygens (including phenoxy) is 2. The first-order chi connectivity index (χ1) is 12.5. The topological polar surface area (TPSA) is 64.6 Å². The third-order valence-corrected chi connectivity index (χ3v) is 3.83. The molecule has 0 aliphatic rings. The summed E-state index contributed by atoms with van der Waals surface area (Å²) in [5.74, 6) is -0.226. The van der Waals surface area contributed by atoms with Crippen molar-refractivity contribution in [2.24, 2.45) is 0 Å². The van der Waals surface area contributed by atoms with E-state index in [0.717, 1.165) is 11.1 Å². The van der Waals surface area contributed by atoms with E-state index in [-0.39, 0.29) is 11.9 Å². The predicted octanol–water partition coefficient (Wildman–Crippen LogP) is 3.52. The normalized spacial score (nSPS) is 13.0. The fourth-order valence-electron chi connectivity index (χ4n) is 2.33. The summed E-state index contributed by atoms with van der Waals surface area (Å²) in [6.07, 6.45) is 2.02. The number of rotatable bonds is 7. The minimum atomic E-state index is -0.886. The van der Waals surface area contributed by atoms with E-state index in [4.69, 9.17) is 9.47 Å². The third kappa shape index (κ3) is 5.77. The molecule has 0 aliphatic carbocycles. The molecule has 0 radical (unpaired) electrons. The molecule has 5 nitrogen and oxygen atoms in total. The van der Waals surface area contributed by atoms with Crippen LogP contribution in [-0.4, -0.2) is 25.1 Å². The van der Waals surface area contributed by atoms with Crippen LogP contribution in [0.3, 0.4) is 0 Å². The van der Waals surface area contributed by atoms with Gasteiger partial charge in [-0.05, 0) is 43.2 Å². The lowest BCUT2D eigenvalue weighted by molar-refractivity contribution is -0.150. The quantitative estimate of drug-likeness (QED) is 0.611. The second-order valence-corrected chi connectivity index (χ2v) is 5.83. The van der Waals surface area contributed by atoms with Gasteiger partial charge in [0.15, 0.2) is 6.10 Å².